The van der Waals surface area contributed by atoms with Crippen molar-refractivity contribution in [2.45, 2.75) is 26.2 Å². The monoisotopic (exact) mass is 337 g/mol. The van der Waals surface area contributed by atoms with Gasteiger partial charge in [-0.15, -0.1) is 0 Å². The lowest BCUT2D eigenvalue weighted by Crippen LogP contribution is -2.16. The molecule has 1 rings (SSSR count). The largest absolute Gasteiger partial charge is 0.463 e. The molecular formula is C17H23NO6. The Bertz CT molecular complexity index is 541. The van der Waals surface area contributed by atoms with E-state index in [0.29, 0.717) is 24.5 Å². The van der Waals surface area contributed by atoms with Gasteiger partial charge < -0.3 is 19.5 Å². The van der Waals surface area contributed by atoms with Gasteiger partial charge in [0.1, 0.15) is 6.61 Å². The van der Waals surface area contributed by atoms with Gasteiger partial charge in [0, 0.05) is 19.2 Å². The van der Waals surface area contributed by atoms with Gasteiger partial charge in [-0.1, -0.05) is 6.92 Å². The lowest BCUT2D eigenvalue weighted by atomic mass is 10.2. The summed E-state index contributed by atoms with van der Waals surface area (Å²) in [5.74, 6) is -1.15. The number of benzene rings is 1. The van der Waals surface area contributed by atoms with E-state index in [1.54, 1.807) is 24.3 Å². The Hall–Kier alpha value is -2.41. The molecule has 0 aliphatic carbocycles. The summed E-state index contributed by atoms with van der Waals surface area (Å²) in [4.78, 5) is 34.8. The van der Waals surface area contributed by atoms with Crippen molar-refractivity contribution in [3.05, 3.63) is 29.8 Å². The number of hydrogen-bond donors (Lipinski definition) is 1. The van der Waals surface area contributed by atoms with Crippen molar-refractivity contribution in [3.63, 3.8) is 0 Å². The molecule has 0 spiro atoms. The predicted octanol–water partition coefficient (Wildman–Crippen LogP) is 2.16. The van der Waals surface area contributed by atoms with Crippen LogP contribution in [0.15, 0.2) is 24.3 Å². The molecule has 0 atom stereocenters. The summed E-state index contributed by atoms with van der Waals surface area (Å²) in [6, 6.07) is 6.37. The van der Waals surface area contributed by atoms with Crippen molar-refractivity contribution in [1.29, 1.82) is 0 Å². The normalized spacial score (nSPS) is 10.1. The van der Waals surface area contributed by atoms with Gasteiger partial charge in [-0.25, -0.2) is 4.79 Å². The second kappa shape index (κ2) is 11.2. The molecule has 1 N–H and O–H groups in total. The molecule has 0 aliphatic heterocycles. The number of rotatable bonds is 10. The van der Waals surface area contributed by atoms with Gasteiger partial charge in [-0.3, -0.25) is 9.59 Å². The van der Waals surface area contributed by atoms with Crippen LogP contribution in [-0.2, 0) is 23.8 Å². The van der Waals surface area contributed by atoms with Crippen LogP contribution < -0.4 is 5.32 Å². The molecule has 0 bridgehead atoms. The quantitative estimate of drug-likeness (QED) is 0.520. The fourth-order valence-corrected chi connectivity index (χ4v) is 1.72. The number of hydrogen-bond acceptors (Lipinski definition) is 6. The molecule has 0 saturated heterocycles. The molecule has 1 aromatic carbocycles. The summed E-state index contributed by atoms with van der Waals surface area (Å²) in [5, 5.41) is 2.65. The average Bonchev–Trinajstić information content (AvgIpc) is 2.58. The Morgan fingerprint density at radius 2 is 1.67 bits per heavy atom. The minimum atomic E-state index is -0.448. The fraction of sp³-hybridized carbons (Fsp3) is 0.471. The number of anilines is 1. The molecule has 0 unspecified atom stereocenters. The van der Waals surface area contributed by atoms with Crippen LogP contribution >= 0.6 is 0 Å². The van der Waals surface area contributed by atoms with E-state index in [9.17, 15) is 14.4 Å². The van der Waals surface area contributed by atoms with Crippen LogP contribution in [0.5, 0.6) is 0 Å². The smallest absolute Gasteiger partial charge is 0.338 e. The Labute approximate surface area is 141 Å². The lowest BCUT2D eigenvalue weighted by molar-refractivity contribution is -0.145. The number of carbonyl (C=O) groups excluding carboxylic acids is 3. The van der Waals surface area contributed by atoms with Crippen molar-refractivity contribution in [2.24, 2.45) is 0 Å². The highest BCUT2D eigenvalue weighted by Crippen LogP contribution is 2.11. The van der Waals surface area contributed by atoms with Gasteiger partial charge in [0.25, 0.3) is 0 Å². The van der Waals surface area contributed by atoms with E-state index in [1.807, 2.05) is 6.92 Å². The molecule has 0 fully saturated rings. The molecule has 0 aromatic heterocycles. The van der Waals surface area contributed by atoms with E-state index >= 15 is 0 Å². The number of nitrogens with one attached hydrogen (secondary N) is 1. The predicted molar refractivity (Wildman–Crippen MR) is 87.7 cm³/mol. The zero-order valence-corrected chi connectivity index (χ0v) is 14.0. The van der Waals surface area contributed by atoms with Crippen molar-refractivity contribution < 1.29 is 28.6 Å². The summed E-state index contributed by atoms with van der Waals surface area (Å²) in [5.41, 5.74) is 0.961. The SMILES string of the molecule is CCCOC(=O)c1ccc(NC(=O)CCC(=O)OCCOC)cc1. The van der Waals surface area contributed by atoms with Crippen LogP contribution in [0.2, 0.25) is 0 Å². The van der Waals surface area contributed by atoms with Crippen molar-refractivity contribution in [2.75, 3.05) is 32.2 Å². The van der Waals surface area contributed by atoms with Crippen LogP contribution in [-0.4, -0.2) is 44.8 Å². The van der Waals surface area contributed by atoms with Gasteiger partial charge in [-0.2, -0.15) is 0 Å². The maximum absolute atomic E-state index is 11.8. The number of carbonyl (C=O) groups is 3. The van der Waals surface area contributed by atoms with E-state index in [2.05, 4.69) is 5.32 Å². The Balaban J connectivity index is 2.36. The summed E-state index contributed by atoms with van der Waals surface area (Å²) in [7, 11) is 1.51. The number of ether oxygens (including phenoxy) is 3. The number of amides is 1. The standard InChI is InChI=1S/C17H23NO6/c1-3-10-24-17(21)13-4-6-14(7-5-13)18-15(19)8-9-16(20)23-12-11-22-2/h4-7H,3,8-12H2,1-2H3,(H,18,19). The fourth-order valence-electron chi connectivity index (χ4n) is 1.72. The average molecular weight is 337 g/mol. The minimum absolute atomic E-state index is 0.00300. The molecular weight excluding hydrogens is 314 g/mol. The summed E-state index contributed by atoms with van der Waals surface area (Å²) < 4.78 is 14.6. The molecule has 7 heteroatoms. The molecule has 1 amide bonds. The van der Waals surface area contributed by atoms with Crippen LogP contribution in [0.3, 0.4) is 0 Å². The molecule has 132 valence electrons. The third kappa shape index (κ3) is 7.73. The first-order valence-electron chi connectivity index (χ1n) is 7.78. The topological polar surface area (TPSA) is 90.9 Å². The van der Waals surface area contributed by atoms with E-state index < -0.39 is 11.9 Å². The highest BCUT2D eigenvalue weighted by molar-refractivity contribution is 5.94. The molecule has 0 heterocycles. The molecule has 24 heavy (non-hydrogen) atoms. The Morgan fingerprint density at radius 1 is 0.958 bits per heavy atom. The molecule has 1 aromatic rings. The van der Waals surface area contributed by atoms with Crippen LogP contribution in [0, 0.1) is 0 Å². The van der Waals surface area contributed by atoms with E-state index in [4.69, 9.17) is 14.2 Å². The maximum Gasteiger partial charge on any atom is 0.338 e. The van der Waals surface area contributed by atoms with Gasteiger partial charge in [0.2, 0.25) is 5.91 Å². The highest BCUT2D eigenvalue weighted by Gasteiger charge is 2.10. The first-order valence-corrected chi connectivity index (χ1v) is 7.78. The highest BCUT2D eigenvalue weighted by atomic mass is 16.6. The van der Waals surface area contributed by atoms with E-state index in [-0.39, 0.29) is 25.4 Å². The molecule has 0 radical (unpaired) electrons. The van der Waals surface area contributed by atoms with Crippen molar-refractivity contribution in [3.8, 4) is 0 Å². The van der Waals surface area contributed by atoms with Gasteiger partial charge in [0.15, 0.2) is 0 Å². The third-order valence-corrected chi connectivity index (χ3v) is 2.95. The van der Waals surface area contributed by atoms with Crippen molar-refractivity contribution in [1.82, 2.24) is 0 Å². The molecule has 7 nitrogen and oxygen atoms in total. The first kappa shape index (κ1) is 19.6. The second-order valence-corrected chi connectivity index (χ2v) is 4.97. The number of methoxy groups -OCH3 is 1. The lowest BCUT2D eigenvalue weighted by Gasteiger charge is -2.07. The Morgan fingerprint density at radius 3 is 2.29 bits per heavy atom. The minimum Gasteiger partial charge on any atom is -0.463 e. The maximum atomic E-state index is 11.8. The zero-order chi connectivity index (χ0) is 17.8. The third-order valence-electron chi connectivity index (χ3n) is 2.95. The summed E-state index contributed by atoms with van der Waals surface area (Å²) in [6.45, 7) is 2.79. The summed E-state index contributed by atoms with van der Waals surface area (Å²) in [6.07, 6.45) is 0.775. The van der Waals surface area contributed by atoms with Crippen molar-refractivity contribution >= 4 is 23.5 Å². The zero-order valence-electron chi connectivity index (χ0n) is 14.0. The van der Waals surface area contributed by atoms with Crippen LogP contribution in [0.25, 0.3) is 0 Å². The molecule has 0 saturated carbocycles. The van der Waals surface area contributed by atoms with Gasteiger partial charge in [0.05, 0.1) is 25.2 Å². The summed E-state index contributed by atoms with van der Waals surface area (Å²) >= 11 is 0. The number of esters is 2. The second-order valence-electron chi connectivity index (χ2n) is 4.97. The Kier molecular flexibility index (Phi) is 9.14. The van der Waals surface area contributed by atoms with Gasteiger partial charge in [-0.05, 0) is 30.7 Å². The van der Waals surface area contributed by atoms with Gasteiger partial charge >= 0.3 is 11.9 Å². The van der Waals surface area contributed by atoms with Crippen LogP contribution in [0.1, 0.15) is 36.5 Å². The van der Waals surface area contributed by atoms with E-state index in [1.165, 1.54) is 7.11 Å². The van der Waals surface area contributed by atoms with Crippen LogP contribution in [0.4, 0.5) is 5.69 Å². The van der Waals surface area contributed by atoms with E-state index in [0.717, 1.165) is 6.42 Å². The first-order chi connectivity index (χ1) is 11.6. The molecule has 0 aliphatic rings.